The smallest absolute Gasteiger partial charge is 0.306 e. The van der Waals surface area contributed by atoms with Crippen LogP contribution in [0.4, 0.5) is 0 Å². The van der Waals surface area contributed by atoms with E-state index in [-0.39, 0.29) is 5.92 Å². The Balaban J connectivity index is 1.87. The number of carboxylic acids is 1. The minimum atomic E-state index is -0.710. The fraction of sp³-hybridized carbons (Fsp3) is 0.933. The number of likely N-dealkylation sites (N-methyl/N-ethyl adjacent to an activating group) is 1. The average Bonchev–Trinajstić information content (AvgIpc) is 2.75. The van der Waals surface area contributed by atoms with Crippen molar-refractivity contribution in [2.24, 2.45) is 5.92 Å². The van der Waals surface area contributed by atoms with Crippen molar-refractivity contribution in [1.29, 1.82) is 0 Å². The monoisotopic (exact) mass is 284 g/mol. The molecule has 1 aliphatic carbocycles. The Labute approximate surface area is 121 Å². The van der Waals surface area contributed by atoms with E-state index in [0.717, 1.165) is 13.1 Å². The van der Waals surface area contributed by atoms with E-state index >= 15 is 0 Å². The lowest BCUT2D eigenvalue weighted by atomic mass is 9.78. The number of hydrogen-bond acceptors (Lipinski definition) is 4. The molecule has 1 unspecified atom stereocenters. The Hall–Kier alpha value is -0.650. The molecule has 20 heavy (non-hydrogen) atoms. The predicted octanol–water partition coefficient (Wildman–Crippen LogP) is 1.02. The molecule has 1 heterocycles. The van der Waals surface area contributed by atoms with Gasteiger partial charge in [0.1, 0.15) is 0 Å². The van der Waals surface area contributed by atoms with Crippen molar-refractivity contribution < 1.29 is 15.0 Å². The molecule has 0 radical (unpaired) electrons. The summed E-state index contributed by atoms with van der Waals surface area (Å²) in [5, 5.41) is 19.8. The molecule has 2 N–H and O–H groups in total. The third-order valence-electron chi connectivity index (χ3n) is 4.84. The van der Waals surface area contributed by atoms with Gasteiger partial charge < -0.3 is 15.1 Å². The number of aliphatic carboxylic acids is 1. The van der Waals surface area contributed by atoms with Crippen LogP contribution in [0.25, 0.3) is 0 Å². The Bertz CT molecular complexity index is 338. The van der Waals surface area contributed by atoms with Crippen LogP contribution in [0, 0.1) is 5.92 Å². The van der Waals surface area contributed by atoms with Crippen molar-refractivity contribution in [1.82, 2.24) is 9.80 Å². The largest absolute Gasteiger partial charge is 0.481 e. The van der Waals surface area contributed by atoms with Crippen LogP contribution in [-0.2, 0) is 4.79 Å². The first-order chi connectivity index (χ1) is 9.39. The maximum Gasteiger partial charge on any atom is 0.306 e. The molecule has 2 aliphatic rings. The fourth-order valence-electron chi connectivity index (χ4n) is 3.67. The number of aliphatic hydroxyl groups is 1. The molecule has 0 bridgehead atoms. The molecule has 0 aromatic carbocycles. The van der Waals surface area contributed by atoms with Gasteiger partial charge in [-0.3, -0.25) is 9.69 Å². The van der Waals surface area contributed by atoms with Gasteiger partial charge in [0, 0.05) is 19.1 Å². The molecule has 1 saturated heterocycles. The number of carbonyl (C=O) groups is 1. The number of carboxylic acid groups (broad SMARTS) is 1. The zero-order valence-electron chi connectivity index (χ0n) is 12.7. The summed E-state index contributed by atoms with van der Waals surface area (Å²) < 4.78 is 0. The number of β-amino-alcohol motifs (C(OH)–C–C–N with tert-alkyl or cyclic N) is 1. The van der Waals surface area contributed by atoms with Gasteiger partial charge >= 0.3 is 5.97 Å². The molecule has 0 amide bonds. The Morgan fingerprint density at radius 3 is 2.50 bits per heavy atom. The highest BCUT2D eigenvalue weighted by Gasteiger charge is 2.39. The van der Waals surface area contributed by atoms with E-state index in [1.807, 2.05) is 0 Å². The van der Waals surface area contributed by atoms with Crippen molar-refractivity contribution in [2.45, 2.75) is 50.2 Å². The van der Waals surface area contributed by atoms with Crippen LogP contribution in [0.1, 0.15) is 38.5 Å². The lowest BCUT2D eigenvalue weighted by Gasteiger charge is -2.39. The summed E-state index contributed by atoms with van der Waals surface area (Å²) in [5.41, 5.74) is -0.680. The predicted molar refractivity (Wildman–Crippen MR) is 77.7 cm³/mol. The minimum absolute atomic E-state index is 0.258. The van der Waals surface area contributed by atoms with Gasteiger partial charge in [-0.2, -0.15) is 0 Å². The second-order valence-electron chi connectivity index (χ2n) is 6.87. The molecule has 5 nitrogen and oxygen atoms in total. The molecular weight excluding hydrogens is 256 g/mol. The molecule has 0 spiro atoms. The molecular formula is C15H28N2O3. The van der Waals surface area contributed by atoms with Gasteiger partial charge in [0.05, 0.1) is 11.5 Å². The number of rotatable bonds is 5. The molecule has 2 rings (SSSR count). The molecule has 0 aromatic heterocycles. The SMILES string of the molecule is CN(C)CC1CCCN1CC1(O)CCC(C(=O)O)CC1. The maximum absolute atomic E-state index is 11.0. The number of hydrogen-bond donors (Lipinski definition) is 2. The van der Waals surface area contributed by atoms with E-state index in [0.29, 0.717) is 38.3 Å². The second-order valence-corrected chi connectivity index (χ2v) is 6.87. The third kappa shape index (κ3) is 3.93. The van der Waals surface area contributed by atoms with E-state index in [9.17, 15) is 9.90 Å². The van der Waals surface area contributed by atoms with Gasteiger partial charge in [-0.05, 0) is 59.2 Å². The van der Waals surface area contributed by atoms with E-state index in [1.165, 1.54) is 12.8 Å². The van der Waals surface area contributed by atoms with Gasteiger partial charge in [0.25, 0.3) is 0 Å². The lowest BCUT2D eigenvalue weighted by Crippen LogP contribution is -2.49. The molecule has 1 saturated carbocycles. The topological polar surface area (TPSA) is 64.0 Å². The molecule has 5 heteroatoms. The normalized spacial score (nSPS) is 35.6. The Kier molecular flexibility index (Phi) is 5.04. The zero-order valence-corrected chi connectivity index (χ0v) is 12.7. The van der Waals surface area contributed by atoms with Crippen LogP contribution in [0.5, 0.6) is 0 Å². The van der Waals surface area contributed by atoms with Crippen LogP contribution >= 0.6 is 0 Å². The van der Waals surface area contributed by atoms with E-state index in [1.54, 1.807) is 0 Å². The summed E-state index contributed by atoms with van der Waals surface area (Å²) in [6, 6.07) is 0.534. The standard InChI is InChI=1S/C15H28N2O3/c1-16(2)10-13-4-3-9-17(13)11-15(20)7-5-12(6-8-15)14(18)19/h12-13,20H,3-11H2,1-2H3,(H,18,19). The van der Waals surface area contributed by atoms with E-state index in [2.05, 4.69) is 23.9 Å². The summed E-state index contributed by atoms with van der Waals surface area (Å²) >= 11 is 0. The van der Waals surface area contributed by atoms with E-state index < -0.39 is 11.6 Å². The first-order valence-corrected chi connectivity index (χ1v) is 7.73. The lowest BCUT2D eigenvalue weighted by molar-refractivity contribution is -0.145. The number of likely N-dealkylation sites (tertiary alicyclic amines) is 1. The summed E-state index contributed by atoms with van der Waals surface area (Å²) in [4.78, 5) is 15.6. The summed E-state index contributed by atoms with van der Waals surface area (Å²) in [7, 11) is 4.17. The summed E-state index contributed by atoms with van der Waals surface area (Å²) in [6.45, 7) is 2.80. The van der Waals surface area contributed by atoms with Crippen LogP contribution in [0.15, 0.2) is 0 Å². The summed E-state index contributed by atoms with van der Waals surface area (Å²) in [5.74, 6) is -0.967. The second kappa shape index (κ2) is 6.41. The average molecular weight is 284 g/mol. The zero-order chi connectivity index (χ0) is 14.8. The van der Waals surface area contributed by atoms with E-state index in [4.69, 9.17) is 5.11 Å². The molecule has 2 fully saturated rings. The van der Waals surface area contributed by atoms with Gasteiger partial charge in [0.15, 0.2) is 0 Å². The molecule has 1 aliphatic heterocycles. The van der Waals surface area contributed by atoms with Crippen LogP contribution in [0.2, 0.25) is 0 Å². The van der Waals surface area contributed by atoms with Gasteiger partial charge in [-0.15, -0.1) is 0 Å². The molecule has 1 atom stereocenters. The Morgan fingerprint density at radius 1 is 1.30 bits per heavy atom. The van der Waals surface area contributed by atoms with Gasteiger partial charge in [-0.25, -0.2) is 0 Å². The quantitative estimate of drug-likeness (QED) is 0.789. The molecule has 0 aromatic rings. The van der Waals surface area contributed by atoms with Crippen molar-refractivity contribution in [3.8, 4) is 0 Å². The first-order valence-electron chi connectivity index (χ1n) is 7.73. The van der Waals surface area contributed by atoms with Crippen molar-refractivity contribution in [2.75, 3.05) is 33.7 Å². The van der Waals surface area contributed by atoms with Crippen LogP contribution < -0.4 is 0 Å². The van der Waals surface area contributed by atoms with Gasteiger partial charge in [-0.1, -0.05) is 0 Å². The minimum Gasteiger partial charge on any atom is -0.481 e. The highest BCUT2D eigenvalue weighted by atomic mass is 16.4. The highest BCUT2D eigenvalue weighted by Crippen LogP contribution is 2.34. The van der Waals surface area contributed by atoms with Gasteiger partial charge in [0.2, 0.25) is 0 Å². The summed E-state index contributed by atoms with van der Waals surface area (Å²) in [6.07, 6.45) is 4.86. The number of nitrogens with zero attached hydrogens (tertiary/aromatic N) is 2. The fourth-order valence-corrected chi connectivity index (χ4v) is 3.67. The van der Waals surface area contributed by atoms with Crippen LogP contribution in [0.3, 0.4) is 0 Å². The van der Waals surface area contributed by atoms with Crippen molar-refractivity contribution in [3.63, 3.8) is 0 Å². The maximum atomic E-state index is 11.0. The van der Waals surface area contributed by atoms with Crippen molar-refractivity contribution in [3.05, 3.63) is 0 Å². The van der Waals surface area contributed by atoms with Crippen molar-refractivity contribution >= 4 is 5.97 Å². The Morgan fingerprint density at radius 2 is 1.95 bits per heavy atom. The first kappa shape index (κ1) is 15.7. The highest BCUT2D eigenvalue weighted by molar-refractivity contribution is 5.70. The third-order valence-corrected chi connectivity index (χ3v) is 4.84. The molecule has 116 valence electrons. The van der Waals surface area contributed by atoms with Crippen LogP contribution in [-0.4, -0.2) is 71.4 Å².